The van der Waals surface area contributed by atoms with Gasteiger partial charge in [0.15, 0.2) is 0 Å². The summed E-state index contributed by atoms with van der Waals surface area (Å²) in [7, 11) is 0. The number of rotatable bonds is 1. The van der Waals surface area contributed by atoms with Gasteiger partial charge in [0.2, 0.25) is 0 Å². The van der Waals surface area contributed by atoms with Crippen LogP contribution < -0.4 is 0 Å². The minimum atomic E-state index is -5.09. The maximum absolute atomic E-state index is 11.7. The molecule has 1 saturated carbocycles. The molecule has 0 spiro atoms. The van der Waals surface area contributed by atoms with Gasteiger partial charge in [-0.25, -0.2) is 4.79 Å². The van der Waals surface area contributed by atoms with E-state index in [-0.39, 0.29) is 0 Å². The molecule has 0 N–H and O–H groups in total. The van der Waals surface area contributed by atoms with Crippen molar-refractivity contribution in [2.45, 2.75) is 31.9 Å². The predicted molar refractivity (Wildman–Crippen MR) is 39.1 cm³/mol. The molecular formula is C8H9F3O3. The van der Waals surface area contributed by atoms with Gasteiger partial charge in [-0.05, 0) is 12.8 Å². The van der Waals surface area contributed by atoms with Crippen LogP contribution in [0.5, 0.6) is 0 Å². The molecule has 0 bridgehead atoms. The Hall–Kier alpha value is -1.07. The molecule has 0 aromatic heterocycles. The van der Waals surface area contributed by atoms with Gasteiger partial charge in [0.25, 0.3) is 0 Å². The van der Waals surface area contributed by atoms with Crippen LogP contribution in [0.15, 0.2) is 0 Å². The first-order valence-corrected chi connectivity index (χ1v) is 4.24. The second-order valence-electron chi connectivity index (χ2n) is 3.19. The summed E-state index contributed by atoms with van der Waals surface area (Å²) in [5, 5.41) is 0. The first-order chi connectivity index (χ1) is 6.41. The molecule has 14 heavy (non-hydrogen) atoms. The highest BCUT2D eigenvalue weighted by molar-refractivity contribution is 5.89. The van der Waals surface area contributed by atoms with E-state index in [4.69, 9.17) is 0 Å². The molecule has 0 unspecified atom stereocenters. The van der Waals surface area contributed by atoms with E-state index in [9.17, 15) is 22.8 Å². The summed E-state index contributed by atoms with van der Waals surface area (Å²) in [4.78, 5) is 21.2. The van der Waals surface area contributed by atoms with Crippen LogP contribution in [0.2, 0.25) is 0 Å². The Morgan fingerprint density at radius 3 is 2.07 bits per heavy atom. The minimum Gasteiger partial charge on any atom is -0.386 e. The Bertz CT molecular complexity index is 241. The number of carbonyl (C=O) groups excluding carboxylic acids is 2. The number of hydrogen-bond donors (Lipinski definition) is 0. The fraction of sp³-hybridized carbons (Fsp3) is 0.750. The number of alkyl halides is 3. The summed E-state index contributed by atoms with van der Waals surface area (Å²) in [6.07, 6.45) is -2.50. The molecule has 0 radical (unpaired) electrons. The van der Waals surface area contributed by atoms with E-state index in [1.54, 1.807) is 0 Å². The molecule has 0 aromatic carbocycles. The Morgan fingerprint density at radius 2 is 1.64 bits per heavy atom. The first kappa shape index (κ1) is 11.0. The molecule has 0 saturated heterocycles. The van der Waals surface area contributed by atoms with E-state index in [0.29, 0.717) is 12.8 Å². The topological polar surface area (TPSA) is 43.4 Å². The molecule has 3 nitrogen and oxygen atoms in total. The molecule has 1 rings (SSSR count). The molecule has 1 fully saturated rings. The maximum atomic E-state index is 11.7. The number of carbonyl (C=O) groups is 2. The van der Waals surface area contributed by atoms with Crippen molar-refractivity contribution in [2.24, 2.45) is 5.92 Å². The third kappa shape index (κ3) is 2.71. The molecule has 80 valence electrons. The SMILES string of the molecule is O=C(OC(=O)C(F)(F)F)C1CCCC1. The highest BCUT2D eigenvalue weighted by Gasteiger charge is 2.43. The molecule has 0 aromatic rings. The Balaban J connectivity index is 2.44. The summed E-state index contributed by atoms with van der Waals surface area (Å²) >= 11 is 0. The van der Waals surface area contributed by atoms with Gasteiger partial charge >= 0.3 is 18.1 Å². The molecular weight excluding hydrogens is 201 g/mol. The monoisotopic (exact) mass is 210 g/mol. The molecule has 0 atom stereocenters. The molecule has 1 aliphatic carbocycles. The van der Waals surface area contributed by atoms with Crippen LogP contribution in [0.3, 0.4) is 0 Å². The largest absolute Gasteiger partial charge is 0.491 e. The van der Waals surface area contributed by atoms with Gasteiger partial charge in [0.05, 0.1) is 5.92 Å². The van der Waals surface area contributed by atoms with Crippen LogP contribution >= 0.6 is 0 Å². The van der Waals surface area contributed by atoms with Crippen LogP contribution in [0.4, 0.5) is 13.2 Å². The highest BCUT2D eigenvalue weighted by Crippen LogP contribution is 2.27. The summed E-state index contributed by atoms with van der Waals surface area (Å²) in [6, 6.07) is 0. The number of halogens is 3. The van der Waals surface area contributed by atoms with Crippen LogP contribution in [-0.2, 0) is 14.3 Å². The molecule has 0 heterocycles. The Labute approximate surface area is 78.2 Å². The summed E-state index contributed by atoms with van der Waals surface area (Å²) in [5.41, 5.74) is 0. The summed E-state index contributed by atoms with van der Waals surface area (Å²) in [6.45, 7) is 0. The van der Waals surface area contributed by atoms with Crippen molar-refractivity contribution in [3.8, 4) is 0 Å². The fourth-order valence-electron chi connectivity index (χ4n) is 1.39. The lowest BCUT2D eigenvalue weighted by Crippen LogP contribution is -2.30. The zero-order chi connectivity index (χ0) is 10.8. The fourth-order valence-corrected chi connectivity index (χ4v) is 1.39. The van der Waals surface area contributed by atoms with Gasteiger partial charge in [-0.1, -0.05) is 12.8 Å². The molecule has 1 aliphatic rings. The van der Waals surface area contributed by atoms with Gasteiger partial charge in [0.1, 0.15) is 0 Å². The van der Waals surface area contributed by atoms with E-state index in [1.807, 2.05) is 0 Å². The second-order valence-corrected chi connectivity index (χ2v) is 3.19. The Kier molecular flexibility index (Phi) is 3.13. The minimum absolute atomic E-state index is 0.504. The third-order valence-corrected chi connectivity index (χ3v) is 2.11. The molecule has 6 heteroatoms. The van der Waals surface area contributed by atoms with Crippen molar-refractivity contribution in [1.82, 2.24) is 0 Å². The average Bonchev–Trinajstić information content (AvgIpc) is 2.53. The average molecular weight is 210 g/mol. The van der Waals surface area contributed by atoms with Crippen molar-refractivity contribution in [3.63, 3.8) is 0 Å². The first-order valence-electron chi connectivity index (χ1n) is 4.24. The van der Waals surface area contributed by atoms with Crippen LogP contribution in [0, 0.1) is 5.92 Å². The smallest absolute Gasteiger partial charge is 0.386 e. The van der Waals surface area contributed by atoms with Gasteiger partial charge < -0.3 is 4.74 Å². The standard InChI is InChI=1S/C8H9F3O3/c9-8(10,11)7(13)14-6(12)5-3-1-2-4-5/h5H,1-4H2. The highest BCUT2D eigenvalue weighted by atomic mass is 19.4. The lowest BCUT2D eigenvalue weighted by molar-refractivity contribution is -0.203. The van der Waals surface area contributed by atoms with E-state index < -0.39 is 24.0 Å². The third-order valence-electron chi connectivity index (χ3n) is 2.11. The van der Waals surface area contributed by atoms with E-state index in [0.717, 1.165) is 12.8 Å². The van der Waals surface area contributed by atoms with E-state index in [1.165, 1.54) is 0 Å². The lowest BCUT2D eigenvalue weighted by atomic mass is 10.1. The second kappa shape index (κ2) is 3.98. The van der Waals surface area contributed by atoms with Gasteiger partial charge in [-0.2, -0.15) is 13.2 Å². The molecule has 0 amide bonds. The van der Waals surface area contributed by atoms with Gasteiger partial charge in [0, 0.05) is 0 Å². The van der Waals surface area contributed by atoms with Gasteiger partial charge in [-0.3, -0.25) is 4.79 Å². The van der Waals surface area contributed by atoms with E-state index in [2.05, 4.69) is 4.74 Å². The van der Waals surface area contributed by atoms with Crippen molar-refractivity contribution in [1.29, 1.82) is 0 Å². The van der Waals surface area contributed by atoms with Crippen molar-refractivity contribution >= 4 is 11.9 Å². The van der Waals surface area contributed by atoms with Crippen LogP contribution in [-0.4, -0.2) is 18.1 Å². The Morgan fingerprint density at radius 1 is 1.14 bits per heavy atom. The molecule has 0 aliphatic heterocycles. The zero-order valence-electron chi connectivity index (χ0n) is 7.26. The normalized spacial score (nSPS) is 18.2. The van der Waals surface area contributed by atoms with E-state index >= 15 is 0 Å². The zero-order valence-corrected chi connectivity index (χ0v) is 7.26. The number of hydrogen-bond acceptors (Lipinski definition) is 3. The van der Waals surface area contributed by atoms with Crippen molar-refractivity contribution in [2.75, 3.05) is 0 Å². The predicted octanol–water partition coefficient (Wildman–Crippen LogP) is 1.81. The number of esters is 2. The lowest BCUT2D eigenvalue weighted by Gasteiger charge is -2.08. The van der Waals surface area contributed by atoms with Crippen LogP contribution in [0.25, 0.3) is 0 Å². The number of ether oxygens (including phenoxy) is 1. The summed E-state index contributed by atoms with van der Waals surface area (Å²) < 4.78 is 38.7. The summed E-state index contributed by atoms with van der Waals surface area (Å²) in [5.74, 6) is -4.01. The van der Waals surface area contributed by atoms with Crippen LogP contribution in [0.1, 0.15) is 25.7 Å². The maximum Gasteiger partial charge on any atom is 0.491 e. The van der Waals surface area contributed by atoms with Crippen molar-refractivity contribution < 1.29 is 27.5 Å². The van der Waals surface area contributed by atoms with Crippen molar-refractivity contribution in [3.05, 3.63) is 0 Å². The van der Waals surface area contributed by atoms with Gasteiger partial charge in [-0.15, -0.1) is 0 Å². The quantitative estimate of drug-likeness (QED) is 0.489.